The fraction of sp³-hybridized carbons (Fsp3) is 0.263. The molecule has 0 saturated carbocycles. The van der Waals surface area contributed by atoms with Gasteiger partial charge >= 0.3 is 0 Å². The highest BCUT2D eigenvalue weighted by Crippen LogP contribution is 2.35. The van der Waals surface area contributed by atoms with E-state index in [4.69, 9.17) is 11.6 Å². The number of carbonyl (C=O) groups is 1. The van der Waals surface area contributed by atoms with Crippen molar-refractivity contribution >= 4 is 23.2 Å². The number of halogens is 1. The molecule has 0 fully saturated rings. The standard InChI is InChI=1S/C19H19ClN2O/c1-13(2)19(23)22-18(14-8-4-3-5-9-14)12-17(21-22)15-10-6-7-11-16(15)20/h3-11,13,18H,12H2,1-2H3. The van der Waals surface area contributed by atoms with Gasteiger partial charge in [0.1, 0.15) is 0 Å². The van der Waals surface area contributed by atoms with Gasteiger partial charge in [-0.05, 0) is 11.6 Å². The van der Waals surface area contributed by atoms with Crippen LogP contribution in [0.1, 0.15) is 37.4 Å². The number of benzene rings is 2. The van der Waals surface area contributed by atoms with Crippen molar-refractivity contribution in [2.75, 3.05) is 0 Å². The molecule has 0 radical (unpaired) electrons. The Morgan fingerprint density at radius 2 is 1.78 bits per heavy atom. The average Bonchev–Trinajstić information content (AvgIpc) is 3.00. The first-order valence-corrected chi connectivity index (χ1v) is 8.16. The molecule has 1 atom stereocenters. The summed E-state index contributed by atoms with van der Waals surface area (Å²) in [4.78, 5) is 12.6. The summed E-state index contributed by atoms with van der Waals surface area (Å²) in [6, 6.07) is 17.6. The van der Waals surface area contributed by atoms with E-state index in [0.29, 0.717) is 11.4 Å². The van der Waals surface area contributed by atoms with Gasteiger partial charge in [-0.2, -0.15) is 5.10 Å². The average molecular weight is 327 g/mol. The lowest BCUT2D eigenvalue weighted by molar-refractivity contribution is -0.136. The van der Waals surface area contributed by atoms with Crippen molar-refractivity contribution in [1.82, 2.24) is 5.01 Å². The molecule has 0 saturated heterocycles. The van der Waals surface area contributed by atoms with Gasteiger partial charge in [-0.3, -0.25) is 4.79 Å². The first kappa shape index (κ1) is 15.8. The minimum atomic E-state index is -0.101. The smallest absolute Gasteiger partial charge is 0.245 e. The second-order valence-corrected chi connectivity index (χ2v) is 6.40. The zero-order chi connectivity index (χ0) is 16.4. The van der Waals surface area contributed by atoms with Crippen LogP contribution in [0.4, 0.5) is 0 Å². The maximum atomic E-state index is 12.6. The zero-order valence-electron chi connectivity index (χ0n) is 13.2. The maximum absolute atomic E-state index is 12.6. The first-order valence-electron chi connectivity index (χ1n) is 7.78. The Hall–Kier alpha value is -2.13. The van der Waals surface area contributed by atoms with Crippen molar-refractivity contribution in [3.05, 3.63) is 70.7 Å². The summed E-state index contributed by atoms with van der Waals surface area (Å²) in [5.41, 5.74) is 2.85. The van der Waals surface area contributed by atoms with Crippen LogP contribution in [0.3, 0.4) is 0 Å². The molecule has 2 aromatic carbocycles. The molecule has 0 spiro atoms. The van der Waals surface area contributed by atoms with E-state index < -0.39 is 0 Å². The summed E-state index contributed by atoms with van der Waals surface area (Å²) in [5, 5.41) is 6.90. The minimum absolute atomic E-state index is 0.0286. The van der Waals surface area contributed by atoms with Crippen LogP contribution >= 0.6 is 11.6 Å². The summed E-state index contributed by atoms with van der Waals surface area (Å²) in [6.45, 7) is 3.79. The van der Waals surface area contributed by atoms with E-state index >= 15 is 0 Å². The number of carbonyl (C=O) groups excluding carboxylic acids is 1. The first-order chi connectivity index (χ1) is 11.1. The topological polar surface area (TPSA) is 32.7 Å². The third kappa shape index (κ3) is 3.15. The molecular formula is C19H19ClN2O. The van der Waals surface area contributed by atoms with Gasteiger partial charge in [0.25, 0.3) is 0 Å². The van der Waals surface area contributed by atoms with Crippen molar-refractivity contribution in [2.45, 2.75) is 26.3 Å². The highest BCUT2D eigenvalue weighted by molar-refractivity contribution is 6.34. The highest BCUT2D eigenvalue weighted by Gasteiger charge is 2.34. The van der Waals surface area contributed by atoms with Crippen molar-refractivity contribution in [1.29, 1.82) is 0 Å². The number of hydrazone groups is 1. The van der Waals surface area contributed by atoms with Gasteiger partial charge in [0.05, 0.1) is 11.8 Å². The Labute approximate surface area is 141 Å². The predicted molar refractivity (Wildman–Crippen MR) is 93.5 cm³/mol. The van der Waals surface area contributed by atoms with Crippen molar-refractivity contribution in [3.8, 4) is 0 Å². The molecular weight excluding hydrogens is 308 g/mol. The lowest BCUT2D eigenvalue weighted by Crippen LogP contribution is -2.30. The van der Waals surface area contributed by atoms with E-state index in [2.05, 4.69) is 5.10 Å². The molecule has 1 amide bonds. The Kier molecular flexibility index (Phi) is 4.49. The summed E-state index contributed by atoms with van der Waals surface area (Å²) < 4.78 is 0. The lowest BCUT2D eigenvalue weighted by atomic mass is 9.98. The molecule has 0 aromatic heterocycles. The Balaban J connectivity index is 2.00. The third-order valence-electron chi connectivity index (χ3n) is 4.00. The number of rotatable bonds is 3. The SMILES string of the molecule is CC(C)C(=O)N1N=C(c2ccccc2Cl)CC1c1ccccc1. The van der Waals surface area contributed by atoms with Gasteiger partial charge < -0.3 is 0 Å². The van der Waals surface area contributed by atoms with Crippen LogP contribution in [0, 0.1) is 5.92 Å². The second kappa shape index (κ2) is 6.55. The Morgan fingerprint density at radius 3 is 2.43 bits per heavy atom. The largest absolute Gasteiger partial charge is 0.273 e. The molecule has 118 valence electrons. The second-order valence-electron chi connectivity index (χ2n) is 5.99. The van der Waals surface area contributed by atoms with Crippen LogP contribution in [-0.2, 0) is 4.79 Å². The minimum Gasteiger partial charge on any atom is -0.273 e. The van der Waals surface area contributed by atoms with Crippen LogP contribution < -0.4 is 0 Å². The molecule has 1 aliphatic rings. The van der Waals surface area contributed by atoms with E-state index in [9.17, 15) is 4.79 Å². The van der Waals surface area contributed by atoms with Crippen molar-refractivity contribution in [3.63, 3.8) is 0 Å². The molecule has 0 bridgehead atoms. The van der Waals surface area contributed by atoms with Crippen LogP contribution in [0.15, 0.2) is 59.7 Å². The van der Waals surface area contributed by atoms with Gasteiger partial charge in [0.2, 0.25) is 5.91 Å². The Morgan fingerprint density at radius 1 is 1.13 bits per heavy atom. The number of hydrogen-bond acceptors (Lipinski definition) is 2. The molecule has 2 aromatic rings. The normalized spacial score (nSPS) is 17.5. The summed E-state index contributed by atoms with van der Waals surface area (Å²) in [7, 11) is 0. The van der Waals surface area contributed by atoms with Crippen LogP contribution in [0.5, 0.6) is 0 Å². The molecule has 1 aliphatic heterocycles. The number of nitrogens with zero attached hydrogens (tertiary/aromatic N) is 2. The van der Waals surface area contributed by atoms with Gasteiger partial charge in [0.15, 0.2) is 0 Å². The molecule has 1 heterocycles. The van der Waals surface area contributed by atoms with E-state index in [1.165, 1.54) is 0 Å². The van der Waals surface area contributed by atoms with Crippen LogP contribution in [0.2, 0.25) is 5.02 Å². The molecule has 0 N–H and O–H groups in total. The summed E-state index contributed by atoms with van der Waals surface area (Å²) >= 11 is 6.30. The quantitative estimate of drug-likeness (QED) is 0.806. The maximum Gasteiger partial charge on any atom is 0.245 e. The molecule has 23 heavy (non-hydrogen) atoms. The van der Waals surface area contributed by atoms with Gasteiger partial charge in [-0.1, -0.05) is 74.0 Å². The Bertz CT molecular complexity index is 740. The van der Waals surface area contributed by atoms with Crippen LogP contribution in [0.25, 0.3) is 0 Å². The van der Waals surface area contributed by atoms with Crippen molar-refractivity contribution < 1.29 is 4.79 Å². The van der Waals surface area contributed by atoms with Crippen molar-refractivity contribution in [2.24, 2.45) is 11.0 Å². The third-order valence-corrected chi connectivity index (χ3v) is 4.33. The predicted octanol–water partition coefficient (Wildman–Crippen LogP) is 4.67. The number of amides is 1. The van der Waals surface area contributed by atoms with Gasteiger partial charge in [0, 0.05) is 22.9 Å². The molecule has 3 nitrogen and oxygen atoms in total. The molecule has 1 unspecified atom stereocenters. The lowest BCUT2D eigenvalue weighted by Gasteiger charge is -2.23. The highest BCUT2D eigenvalue weighted by atomic mass is 35.5. The van der Waals surface area contributed by atoms with E-state index in [1.807, 2.05) is 68.4 Å². The van der Waals surface area contributed by atoms with E-state index in [0.717, 1.165) is 16.8 Å². The fourth-order valence-electron chi connectivity index (χ4n) is 2.77. The van der Waals surface area contributed by atoms with Crippen LogP contribution in [-0.4, -0.2) is 16.6 Å². The van der Waals surface area contributed by atoms with Gasteiger partial charge in [-0.15, -0.1) is 0 Å². The molecule has 0 aliphatic carbocycles. The monoisotopic (exact) mass is 326 g/mol. The number of hydrogen-bond donors (Lipinski definition) is 0. The summed E-state index contributed by atoms with van der Waals surface area (Å²) in [6.07, 6.45) is 0.673. The van der Waals surface area contributed by atoms with E-state index in [-0.39, 0.29) is 17.9 Å². The molecule has 3 rings (SSSR count). The molecule has 4 heteroatoms. The van der Waals surface area contributed by atoms with Gasteiger partial charge in [-0.25, -0.2) is 5.01 Å². The summed E-state index contributed by atoms with van der Waals surface area (Å²) in [5.74, 6) is -0.0727. The zero-order valence-corrected chi connectivity index (χ0v) is 14.0. The van der Waals surface area contributed by atoms with E-state index in [1.54, 1.807) is 5.01 Å². The fourth-order valence-corrected chi connectivity index (χ4v) is 3.02.